The molecule has 0 unspecified atom stereocenters. The Kier molecular flexibility index (Phi) is 3.89. The lowest BCUT2D eigenvalue weighted by Gasteiger charge is -2.10. The first kappa shape index (κ1) is 14.3. The van der Waals surface area contributed by atoms with Crippen molar-refractivity contribution in [2.24, 2.45) is 12.9 Å². The number of nitrogens with zero attached hydrogens (tertiary/aromatic N) is 4. The second kappa shape index (κ2) is 5.46. The first-order chi connectivity index (χ1) is 9.47. The lowest BCUT2D eigenvalue weighted by molar-refractivity contribution is 0.374. The molecule has 2 aromatic heterocycles. The summed E-state index contributed by atoms with van der Waals surface area (Å²) in [5.41, 5.74) is 5.09. The molecule has 0 bridgehead atoms. The molecule has 0 aromatic carbocycles. The molecule has 7 heteroatoms. The summed E-state index contributed by atoms with van der Waals surface area (Å²) in [7, 11) is 3.43. The zero-order valence-corrected chi connectivity index (χ0v) is 12.4. The molecule has 0 fully saturated rings. The van der Waals surface area contributed by atoms with Gasteiger partial charge in [0.05, 0.1) is 12.8 Å². The van der Waals surface area contributed by atoms with Crippen molar-refractivity contribution in [3.8, 4) is 17.3 Å². The molecule has 2 heterocycles. The fourth-order valence-corrected chi connectivity index (χ4v) is 2.08. The van der Waals surface area contributed by atoms with E-state index >= 15 is 0 Å². The average Bonchev–Trinajstić information content (AvgIpc) is 2.71. The van der Waals surface area contributed by atoms with Gasteiger partial charge in [0.2, 0.25) is 5.88 Å². The van der Waals surface area contributed by atoms with Crippen LogP contribution in [0.3, 0.4) is 0 Å². The molecule has 108 valence electrons. The third-order valence-corrected chi connectivity index (χ3v) is 3.07. The number of anilines is 1. The van der Waals surface area contributed by atoms with Crippen molar-refractivity contribution in [3.05, 3.63) is 17.5 Å². The van der Waals surface area contributed by atoms with E-state index in [9.17, 15) is 0 Å². The number of aryl methyl sites for hydroxylation is 2. The van der Waals surface area contributed by atoms with Gasteiger partial charge in [-0.2, -0.15) is 5.10 Å². The zero-order valence-electron chi connectivity index (χ0n) is 12.4. The van der Waals surface area contributed by atoms with Crippen LogP contribution in [0.15, 0.2) is 6.07 Å². The van der Waals surface area contributed by atoms with Crippen molar-refractivity contribution in [1.29, 1.82) is 0 Å². The highest BCUT2D eigenvalue weighted by Gasteiger charge is 2.20. The van der Waals surface area contributed by atoms with Crippen molar-refractivity contribution in [2.75, 3.05) is 12.5 Å². The predicted molar refractivity (Wildman–Crippen MR) is 77.4 cm³/mol. The van der Waals surface area contributed by atoms with Gasteiger partial charge in [-0.1, -0.05) is 13.8 Å². The monoisotopic (exact) mass is 276 g/mol. The van der Waals surface area contributed by atoms with E-state index in [0.717, 1.165) is 17.0 Å². The molecule has 3 N–H and O–H groups in total. The third kappa shape index (κ3) is 2.44. The number of hydrazine groups is 1. The van der Waals surface area contributed by atoms with Gasteiger partial charge in [0.25, 0.3) is 0 Å². The standard InChI is InChI=1S/C13H20N6O/c1-7(2)9-6-10(17-14)16-12(15-9)11-8(3)18-19(4)13(11)20-5/h6-7H,14H2,1-5H3,(H,15,16,17). The fraction of sp³-hybridized carbons (Fsp3) is 0.462. The Balaban J connectivity index is 2.66. The highest BCUT2D eigenvalue weighted by atomic mass is 16.5. The summed E-state index contributed by atoms with van der Waals surface area (Å²) in [5.74, 6) is 7.52. The van der Waals surface area contributed by atoms with Crippen LogP contribution < -0.4 is 16.0 Å². The summed E-state index contributed by atoms with van der Waals surface area (Å²) in [6.07, 6.45) is 0. The number of aromatic nitrogens is 4. The van der Waals surface area contributed by atoms with Crippen LogP contribution in [0.5, 0.6) is 5.88 Å². The van der Waals surface area contributed by atoms with Crippen LogP contribution >= 0.6 is 0 Å². The highest BCUT2D eigenvalue weighted by Crippen LogP contribution is 2.31. The number of methoxy groups -OCH3 is 1. The Labute approximate surface area is 118 Å². The van der Waals surface area contributed by atoms with Gasteiger partial charge in [0.15, 0.2) is 5.82 Å². The quantitative estimate of drug-likeness (QED) is 0.651. The minimum Gasteiger partial charge on any atom is -0.481 e. The van der Waals surface area contributed by atoms with Crippen LogP contribution in [-0.2, 0) is 7.05 Å². The van der Waals surface area contributed by atoms with E-state index in [2.05, 4.69) is 34.3 Å². The molecule has 0 aliphatic heterocycles. The molecule has 0 atom stereocenters. The molecule has 0 radical (unpaired) electrons. The molecule has 2 rings (SSSR count). The Morgan fingerprint density at radius 2 is 2.05 bits per heavy atom. The smallest absolute Gasteiger partial charge is 0.222 e. The second-order valence-corrected chi connectivity index (χ2v) is 4.89. The topological polar surface area (TPSA) is 90.9 Å². The lowest BCUT2D eigenvalue weighted by atomic mass is 10.1. The van der Waals surface area contributed by atoms with Gasteiger partial charge < -0.3 is 10.2 Å². The van der Waals surface area contributed by atoms with Crippen LogP contribution in [0.25, 0.3) is 11.4 Å². The SMILES string of the molecule is COc1c(-c2nc(NN)cc(C(C)C)n2)c(C)nn1C. The lowest BCUT2D eigenvalue weighted by Crippen LogP contribution is -2.11. The number of nitrogens with two attached hydrogens (primary N) is 1. The summed E-state index contributed by atoms with van der Waals surface area (Å²) in [4.78, 5) is 9.00. The maximum absolute atomic E-state index is 5.49. The maximum atomic E-state index is 5.49. The van der Waals surface area contributed by atoms with E-state index in [0.29, 0.717) is 17.5 Å². The van der Waals surface area contributed by atoms with E-state index in [1.807, 2.05) is 20.0 Å². The molecular weight excluding hydrogens is 256 g/mol. The molecule has 0 aliphatic carbocycles. The van der Waals surface area contributed by atoms with Gasteiger partial charge in [0, 0.05) is 18.8 Å². The molecule has 2 aromatic rings. The van der Waals surface area contributed by atoms with Gasteiger partial charge >= 0.3 is 0 Å². The van der Waals surface area contributed by atoms with Crippen molar-refractivity contribution < 1.29 is 4.74 Å². The minimum atomic E-state index is 0.270. The van der Waals surface area contributed by atoms with E-state index in [4.69, 9.17) is 10.6 Å². The number of ether oxygens (including phenoxy) is 1. The van der Waals surface area contributed by atoms with Crippen molar-refractivity contribution >= 4 is 5.82 Å². The Morgan fingerprint density at radius 3 is 2.60 bits per heavy atom. The maximum Gasteiger partial charge on any atom is 0.222 e. The summed E-state index contributed by atoms with van der Waals surface area (Å²) in [5, 5.41) is 4.35. The van der Waals surface area contributed by atoms with Gasteiger partial charge in [-0.25, -0.2) is 20.5 Å². The van der Waals surface area contributed by atoms with Gasteiger partial charge in [-0.05, 0) is 12.8 Å². The highest BCUT2D eigenvalue weighted by molar-refractivity contribution is 5.66. The summed E-state index contributed by atoms with van der Waals surface area (Å²) >= 11 is 0. The summed E-state index contributed by atoms with van der Waals surface area (Å²) < 4.78 is 7.07. The van der Waals surface area contributed by atoms with Gasteiger partial charge in [0.1, 0.15) is 11.4 Å². The average molecular weight is 276 g/mol. The molecule has 7 nitrogen and oxygen atoms in total. The molecule has 20 heavy (non-hydrogen) atoms. The molecule has 0 spiro atoms. The van der Waals surface area contributed by atoms with Crippen molar-refractivity contribution in [1.82, 2.24) is 19.7 Å². The Hall–Kier alpha value is -2.15. The number of hydrogen-bond acceptors (Lipinski definition) is 6. The minimum absolute atomic E-state index is 0.270. The normalized spacial score (nSPS) is 10.9. The largest absolute Gasteiger partial charge is 0.481 e. The van der Waals surface area contributed by atoms with Crippen LogP contribution in [0, 0.1) is 6.92 Å². The first-order valence-electron chi connectivity index (χ1n) is 6.41. The Bertz CT molecular complexity index is 620. The van der Waals surface area contributed by atoms with E-state index in [1.54, 1.807) is 11.8 Å². The third-order valence-electron chi connectivity index (χ3n) is 3.07. The predicted octanol–water partition coefficient (Wildman–Crippen LogP) is 1.60. The zero-order chi connectivity index (χ0) is 14.9. The van der Waals surface area contributed by atoms with Crippen LogP contribution in [0.2, 0.25) is 0 Å². The summed E-state index contributed by atoms with van der Waals surface area (Å²) in [6.45, 7) is 6.04. The first-order valence-corrected chi connectivity index (χ1v) is 6.41. The van der Waals surface area contributed by atoms with E-state index < -0.39 is 0 Å². The van der Waals surface area contributed by atoms with Crippen molar-refractivity contribution in [3.63, 3.8) is 0 Å². The van der Waals surface area contributed by atoms with Crippen LogP contribution in [0.1, 0.15) is 31.2 Å². The molecule has 0 amide bonds. The number of hydrogen-bond donors (Lipinski definition) is 2. The molecule has 0 saturated heterocycles. The number of rotatable bonds is 4. The summed E-state index contributed by atoms with van der Waals surface area (Å²) in [6, 6.07) is 1.84. The number of nitrogens with one attached hydrogen (secondary N) is 1. The Morgan fingerprint density at radius 1 is 1.35 bits per heavy atom. The number of nitrogen functional groups attached to an aromatic ring is 1. The van der Waals surface area contributed by atoms with Crippen LogP contribution in [0.4, 0.5) is 5.82 Å². The molecule has 0 saturated carbocycles. The van der Waals surface area contributed by atoms with Crippen LogP contribution in [-0.4, -0.2) is 26.9 Å². The fourth-order valence-electron chi connectivity index (χ4n) is 2.08. The molecule has 0 aliphatic rings. The van der Waals surface area contributed by atoms with E-state index in [-0.39, 0.29) is 5.92 Å². The van der Waals surface area contributed by atoms with Gasteiger partial charge in [-0.3, -0.25) is 0 Å². The van der Waals surface area contributed by atoms with Gasteiger partial charge in [-0.15, -0.1) is 0 Å². The second-order valence-electron chi connectivity index (χ2n) is 4.89. The van der Waals surface area contributed by atoms with Crippen molar-refractivity contribution in [2.45, 2.75) is 26.7 Å². The van der Waals surface area contributed by atoms with E-state index in [1.165, 1.54) is 0 Å². The molecular formula is C13H20N6O.